The number of aromatic amines is 1. The number of anilines is 2. The number of carbonyl (C=O) groups is 1. The maximum Gasteiger partial charge on any atom is 0.245 e. The monoisotopic (exact) mass is 426 g/mol. The summed E-state index contributed by atoms with van der Waals surface area (Å²) in [7, 11) is 1.76. The topological polar surface area (TPSA) is 125 Å². The summed E-state index contributed by atoms with van der Waals surface area (Å²) >= 11 is 6.29. The number of carbonyl (C=O) groups excluding carboxylic acids is 1. The Labute approximate surface area is 177 Å². The van der Waals surface area contributed by atoms with Crippen molar-refractivity contribution in [3.05, 3.63) is 36.3 Å². The van der Waals surface area contributed by atoms with Crippen LogP contribution >= 0.6 is 11.6 Å². The van der Waals surface area contributed by atoms with E-state index in [9.17, 15) is 4.79 Å². The summed E-state index contributed by atoms with van der Waals surface area (Å²) in [5.74, 6) is 0.557. The standard InChI is InChI=1S/C19H19ClN8O2/c1-3-15(29)27(2)12-6-13(7-12)30-18-16-14(20)9-22-17(16)25-19(26-18)24-11-8-23-28(10-11)5-4-21/h3,8-10,12-13H,1,5-7H2,2H3,(H2,22,24,25,26)/t12-,13-. The highest BCUT2D eigenvalue weighted by molar-refractivity contribution is 6.35. The van der Waals surface area contributed by atoms with Gasteiger partial charge in [-0.15, -0.1) is 0 Å². The highest BCUT2D eigenvalue weighted by Gasteiger charge is 2.36. The molecular weight excluding hydrogens is 408 g/mol. The molecule has 0 saturated heterocycles. The Balaban J connectivity index is 1.52. The number of likely N-dealkylation sites (N-methyl/N-ethyl adjacent to an activating group) is 1. The van der Waals surface area contributed by atoms with E-state index in [2.05, 4.69) is 31.9 Å². The summed E-state index contributed by atoms with van der Waals surface area (Å²) in [6, 6.07) is 2.13. The van der Waals surface area contributed by atoms with Crippen molar-refractivity contribution < 1.29 is 9.53 Å². The Kier molecular flexibility index (Phi) is 5.29. The lowest BCUT2D eigenvalue weighted by Crippen LogP contribution is -2.49. The maximum atomic E-state index is 11.7. The summed E-state index contributed by atoms with van der Waals surface area (Å²) in [6.45, 7) is 3.66. The van der Waals surface area contributed by atoms with E-state index in [1.807, 2.05) is 6.07 Å². The minimum atomic E-state index is -0.111. The van der Waals surface area contributed by atoms with Gasteiger partial charge in [0.2, 0.25) is 17.7 Å². The zero-order valence-electron chi connectivity index (χ0n) is 16.2. The molecule has 1 aliphatic carbocycles. The highest BCUT2D eigenvalue weighted by atomic mass is 35.5. The minimum absolute atomic E-state index is 0.0923. The number of nitrogens with zero attached hydrogens (tertiary/aromatic N) is 6. The molecule has 0 radical (unpaired) electrons. The van der Waals surface area contributed by atoms with Crippen LogP contribution in [0.1, 0.15) is 12.8 Å². The molecule has 0 unspecified atom stereocenters. The van der Waals surface area contributed by atoms with Crippen LogP contribution in [0.15, 0.2) is 31.2 Å². The van der Waals surface area contributed by atoms with Crippen molar-refractivity contribution in [2.75, 3.05) is 12.4 Å². The van der Waals surface area contributed by atoms with Crippen LogP contribution in [0.25, 0.3) is 11.0 Å². The molecule has 1 aliphatic rings. The molecule has 10 nitrogen and oxygen atoms in total. The van der Waals surface area contributed by atoms with Crippen LogP contribution < -0.4 is 10.1 Å². The van der Waals surface area contributed by atoms with Crippen molar-refractivity contribution in [1.82, 2.24) is 29.6 Å². The number of rotatable bonds is 7. The highest BCUT2D eigenvalue weighted by Crippen LogP contribution is 2.35. The molecule has 154 valence electrons. The second-order valence-corrected chi connectivity index (χ2v) is 7.35. The van der Waals surface area contributed by atoms with Crippen molar-refractivity contribution in [2.24, 2.45) is 0 Å². The van der Waals surface area contributed by atoms with E-state index in [1.54, 1.807) is 30.5 Å². The number of nitrogens with one attached hydrogen (secondary N) is 2. The molecule has 4 rings (SSSR count). The normalized spacial score (nSPS) is 17.8. The number of aromatic nitrogens is 5. The van der Waals surface area contributed by atoms with Crippen molar-refractivity contribution in [2.45, 2.75) is 31.5 Å². The summed E-state index contributed by atoms with van der Waals surface area (Å²) in [6.07, 6.45) is 7.48. The molecule has 0 atom stereocenters. The Morgan fingerprint density at radius 2 is 2.37 bits per heavy atom. The first-order valence-corrected chi connectivity index (χ1v) is 9.63. The Morgan fingerprint density at radius 1 is 1.57 bits per heavy atom. The van der Waals surface area contributed by atoms with Crippen LogP contribution in [0.3, 0.4) is 0 Å². The lowest BCUT2D eigenvalue weighted by atomic mass is 9.88. The fourth-order valence-electron chi connectivity index (χ4n) is 3.25. The minimum Gasteiger partial charge on any atom is -0.474 e. The molecule has 1 amide bonds. The third-order valence-corrected chi connectivity index (χ3v) is 5.29. The van der Waals surface area contributed by atoms with Gasteiger partial charge in [0.05, 0.1) is 28.4 Å². The Bertz CT molecular complexity index is 1140. The first kappa shape index (κ1) is 19.7. The predicted octanol–water partition coefficient (Wildman–Crippen LogP) is 2.63. The average molecular weight is 427 g/mol. The molecule has 30 heavy (non-hydrogen) atoms. The van der Waals surface area contributed by atoms with Crippen LogP contribution in [0.4, 0.5) is 11.6 Å². The molecule has 3 heterocycles. The second-order valence-electron chi connectivity index (χ2n) is 6.94. The van der Waals surface area contributed by atoms with Crippen molar-refractivity contribution in [3.63, 3.8) is 0 Å². The maximum absolute atomic E-state index is 11.7. The molecule has 0 spiro atoms. The fraction of sp³-hybridized carbons (Fsp3) is 0.316. The number of ether oxygens (including phenoxy) is 1. The molecule has 11 heteroatoms. The lowest BCUT2D eigenvalue weighted by Gasteiger charge is -2.40. The number of H-pyrrole nitrogens is 1. The van der Waals surface area contributed by atoms with Crippen LogP contribution in [0, 0.1) is 11.3 Å². The number of hydrogen-bond acceptors (Lipinski definition) is 7. The lowest BCUT2D eigenvalue weighted by molar-refractivity contribution is -0.130. The van der Waals surface area contributed by atoms with E-state index < -0.39 is 0 Å². The largest absolute Gasteiger partial charge is 0.474 e. The molecule has 1 saturated carbocycles. The first-order chi connectivity index (χ1) is 14.5. The smallest absolute Gasteiger partial charge is 0.245 e. The molecule has 3 aromatic rings. The van der Waals surface area contributed by atoms with Crippen molar-refractivity contribution in [1.29, 1.82) is 5.26 Å². The van der Waals surface area contributed by atoms with Gasteiger partial charge in [0.25, 0.3) is 0 Å². The second kappa shape index (κ2) is 8.04. The molecule has 0 aromatic carbocycles. The molecule has 3 aromatic heterocycles. The SMILES string of the molecule is C=CC(=O)N(C)[C@H]1C[C@H](Oc2nc(Nc3cnn(CC#N)c3)nc3[nH]cc(Cl)c23)C1. The molecule has 1 fully saturated rings. The van der Waals surface area contributed by atoms with E-state index in [0.29, 0.717) is 46.4 Å². The number of nitriles is 1. The summed E-state index contributed by atoms with van der Waals surface area (Å²) in [5.41, 5.74) is 1.17. The van der Waals surface area contributed by atoms with Gasteiger partial charge in [0.15, 0.2) is 0 Å². The van der Waals surface area contributed by atoms with Crippen LogP contribution in [0.2, 0.25) is 5.02 Å². The molecule has 2 N–H and O–H groups in total. The van der Waals surface area contributed by atoms with E-state index in [-0.39, 0.29) is 24.6 Å². The van der Waals surface area contributed by atoms with Gasteiger partial charge < -0.3 is 19.9 Å². The van der Waals surface area contributed by atoms with Crippen molar-refractivity contribution >= 4 is 40.2 Å². The van der Waals surface area contributed by atoms with Gasteiger partial charge >= 0.3 is 0 Å². The van der Waals surface area contributed by atoms with Gasteiger partial charge in [-0.05, 0) is 6.08 Å². The van der Waals surface area contributed by atoms with Gasteiger partial charge in [-0.25, -0.2) is 0 Å². The quantitative estimate of drug-likeness (QED) is 0.556. The molecule has 0 bridgehead atoms. The van der Waals surface area contributed by atoms with Crippen LogP contribution in [-0.4, -0.2) is 54.7 Å². The van der Waals surface area contributed by atoms with E-state index in [4.69, 9.17) is 21.6 Å². The van der Waals surface area contributed by atoms with E-state index in [0.717, 1.165) is 0 Å². The van der Waals surface area contributed by atoms with Gasteiger partial charge in [0, 0.05) is 38.3 Å². The third-order valence-electron chi connectivity index (χ3n) is 4.99. The van der Waals surface area contributed by atoms with Crippen molar-refractivity contribution in [3.8, 4) is 11.9 Å². The van der Waals surface area contributed by atoms with Gasteiger partial charge in [-0.2, -0.15) is 20.3 Å². The summed E-state index contributed by atoms with van der Waals surface area (Å²) in [4.78, 5) is 25.3. The predicted molar refractivity (Wildman–Crippen MR) is 110 cm³/mol. The van der Waals surface area contributed by atoms with Crippen LogP contribution in [0.5, 0.6) is 5.88 Å². The van der Waals surface area contributed by atoms with E-state index in [1.165, 1.54) is 10.8 Å². The van der Waals surface area contributed by atoms with E-state index >= 15 is 0 Å². The summed E-state index contributed by atoms with van der Waals surface area (Å²) < 4.78 is 7.59. The number of hydrogen-bond donors (Lipinski definition) is 2. The first-order valence-electron chi connectivity index (χ1n) is 9.25. The third kappa shape index (κ3) is 3.79. The zero-order chi connectivity index (χ0) is 21.3. The fourth-order valence-corrected chi connectivity index (χ4v) is 3.48. The number of amides is 1. The van der Waals surface area contributed by atoms with Gasteiger partial charge in [0.1, 0.15) is 18.3 Å². The van der Waals surface area contributed by atoms with Crippen LogP contribution in [-0.2, 0) is 11.3 Å². The van der Waals surface area contributed by atoms with Gasteiger partial charge in [-0.3, -0.25) is 9.48 Å². The Morgan fingerprint density at radius 3 is 3.10 bits per heavy atom. The number of halogens is 1. The van der Waals surface area contributed by atoms with Gasteiger partial charge in [-0.1, -0.05) is 18.2 Å². The zero-order valence-corrected chi connectivity index (χ0v) is 16.9. The molecule has 0 aliphatic heterocycles. The summed E-state index contributed by atoms with van der Waals surface area (Å²) in [5, 5.41) is 17.0. The average Bonchev–Trinajstić information content (AvgIpc) is 3.30. The molecular formula is C19H19ClN8O2. The number of fused-ring (bicyclic) bond motifs is 1. The Hall–Kier alpha value is -3.58.